The van der Waals surface area contributed by atoms with Crippen molar-refractivity contribution in [1.82, 2.24) is 10.6 Å². The molecule has 4 rings (SSSR count). The van der Waals surface area contributed by atoms with Crippen LogP contribution in [0.2, 0.25) is 0 Å². The molecule has 0 bridgehead atoms. The smallest absolute Gasteiger partial charge is 0.287 e. The maximum absolute atomic E-state index is 12.8. The van der Waals surface area contributed by atoms with Gasteiger partial charge in [-0.15, -0.1) is 0 Å². The van der Waals surface area contributed by atoms with Gasteiger partial charge in [0.2, 0.25) is 0 Å². The van der Waals surface area contributed by atoms with Crippen molar-refractivity contribution in [2.45, 2.75) is 51.2 Å². The van der Waals surface area contributed by atoms with Gasteiger partial charge in [-0.2, -0.15) is 0 Å². The SMILES string of the molecule is COc1ccc(CNC2CCCC2)c2cc(C(=O)NC(C)c3ccccc3)oc12. The summed E-state index contributed by atoms with van der Waals surface area (Å²) in [7, 11) is 1.62. The van der Waals surface area contributed by atoms with Gasteiger partial charge in [0.05, 0.1) is 13.2 Å². The van der Waals surface area contributed by atoms with Crippen LogP contribution < -0.4 is 15.4 Å². The number of carbonyl (C=O) groups is 1. The van der Waals surface area contributed by atoms with E-state index < -0.39 is 0 Å². The largest absolute Gasteiger partial charge is 0.493 e. The number of hydrogen-bond donors (Lipinski definition) is 2. The van der Waals surface area contributed by atoms with Crippen LogP contribution in [0.4, 0.5) is 0 Å². The lowest BCUT2D eigenvalue weighted by Gasteiger charge is -2.12. The van der Waals surface area contributed by atoms with E-state index in [2.05, 4.69) is 10.6 Å². The fourth-order valence-electron chi connectivity index (χ4n) is 4.06. The monoisotopic (exact) mass is 392 g/mol. The van der Waals surface area contributed by atoms with E-state index in [0.29, 0.717) is 23.1 Å². The van der Waals surface area contributed by atoms with Crippen LogP contribution in [0.5, 0.6) is 5.75 Å². The highest BCUT2D eigenvalue weighted by molar-refractivity contribution is 5.98. The third kappa shape index (κ3) is 4.30. The molecule has 5 nitrogen and oxygen atoms in total. The van der Waals surface area contributed by atoms with Gasteiger partial charge in [0.15, 0.2) is 17.1 Å². The molecule has 1 heterocycles. The maximum Gasteiger partial charge on any atom is 0.287 e. The lowest BCUT2D eigenvalue weighted by Crippen LogP contribution is -2.26. The number of methoxy groups -OCH3 is 1. The molecule has 1 unspecified atom stereocenters. The van der Waals surface area contributed by atoms with Crippen LogP contribution in [0, 0.1) is 0 Å². The van der Waals surface area contributed by atoms with Crippen molar-refractivity contribution >= 4 is 16.9 Å². The van der Waals surface area contributed by atoms with Crippen molar-refractivity contribution in [3.8, 4) is 5.75 Å². The minimum Gasteiger partial charge on any atom is -0.493 e. The lowest BCUT2D eigenvalue weighted by atomic mass is 10.1. The summed E-state index contributed by atoms with van der Waals surface area (Å²) in [6, 6.07) is 16.1. The summed E-state index contributed by atoms with van der Waals surface area (Å²) in [6.45, 7) is 2.72. The predicted molar refractivity (Wildman–Crippen MR) is 114 cm³/mol. The molecule has 0 radical (unpaired) electrons. The number of benzene rings is 2. The molecule has 29 heavy (non-hydrogen) atoms. The van der Waals surface area contributed by atoms with Gasteiger partial charge in [-0.05, 0) is 43.0 Å². The second kappa shape index (κ2) is 8.70. The molecular weight excluding hydrogens is 364 g/mol. The first kappa shape index (κ1) is 19.5. The Morgan fingerprint density at radius 1 is 1.17 bits per heavy atom. The number of ether oxygens (including phenoxy) is 1. The molecule has 5 heteroatoms. The van der Waals surface area contributed by atoms with E-state index in [1.807, 2.05) is 55.5 Å². The van der Waals surface area contributed by atoms with E-state index in [1.165, 1.54) is 25.7 Å². The number of nitrogens with one attached hydrogen (secondary N) is 2. The Kier molecular flexibility index (Phi) is 5.86. The van der Waals surface area contributed by atoms with E-state index in [1.54, 1.807) is 7.11 Å². The molecule has 152 valence electrons. The number of rotatable bonds is 7. The normalized spacial score (nSPS) is 15.5. The minimum atomic E-state index is -0.227. The zero-order valence-electron chi connectivity index (χ0n) is 17.0. The van der Waals surface area contributed by atoms with Crippen molar-refractivity contribution in [2.24, 2.45) is 0 Å². The molecule has 0 aliphatic heterocycles. The molecule has 1 aliphatic rings. The molecule has 1 aliphatic carbocycles. The fraction of sp³-hybridized carbons (Fsp3) is 0.375. The zero-order chi connectivity index (χ0) is 20.2. The fourth-order valence-corrected chi connectivity index (χ4v) is 4.06. The standard InChI is InChI=1S/C24H28N2O3/c1-16(17-8-4-3-5-9-17)26-24(27)22-14-20-18(15-25-19-10-6-7-11-19)12-13-21(28-2)23(20)29-22/h3-5,8-9,12-14,16,19,25H,6-7,10-11,15H2,1-2H3,(H,26,27). The Hall–Kier alpha value is -2.79. The highest BCUT2D eigenvalue weighted by atomic mass is 16.5. The molecule has 0 saturated heterocycles. The summed E-state index contributed by atoms with van der Waals surface area (Å²) in [5.74, 6) is 0.712. The van der Waals surface area contributed by atoms with Crippen LogP contribution in [0.1, 0.15) is 60.3 Å². The summed E-state index contributed by atoms with van der Waals surface area (Å²) in [5, 5.41) is 7.58. The zero-order valence-corrected chi connectivity index (χ0v) is 17.0. The third-order valence-electron chi connectivity index (χ3n) is 5.76. The Labute approximate surface area is 171 Å². The van der Waals surface area contributed by atoms with Gasteiger partial charge in [-0.1, -0.05) is 49.2 Å². The second-order valence-electron chi connectivity index (χ2n) is 7.75. The number of hydrogen-bond acceptors (Lipinski definition) is 4. The summed E-state index contributed by atoms with van der Waals surface area (Å²) in [4.78, 5) is 12.8. The molecule has 0 spiro atoms. The topological polar surface area (TPSA) is 63.5 Å². The van der Waals surface area contributed by atoms with Gasteiger partial charge in [0, 0.05) is 18.0 Å². The Morgan fingerprint density at radius 2 is 1.93 bits per heavy atom. The van der Waals surface area contributed by atoms with E-state index in [9.17, 15) is 4.79 Å². The summed E-state index contributed by atoms with van der Waals surface area (Å²) in [5.41, 5.74) is 2.79. The maximum atomic E-state index is 12.8. The summed E-state index contributed by atoms with van der Waals surface area (Å²) >= 11 is 0. The molecular formula is C24H28N2O3. The van der Waals surface area contributed by atoms with Crippen molar-refractivity contribution in [3.05, 3.63) is 65.4 Å². The van der Waals surface area contributed by atoms with Crippen LogP contribution in [0.15, 0.2) is 52.9 Å². The van der Waals surface area contributed by atoms with E-state index in [-0.39, 0.29) is 11.9 Å². The Bertz CT molecular complexity index is 974. The average Bonchev–Trinajstić information content (AvgIpc) is 3.42. The van der Waals surface area contributed by atoms with Crippen LogP contribution in [-0.4, -0.2) is 19.1 Å². The van der Waals surface area contributed by atoms with Gasteiger partial charge >= 0.3 is 0 Å². The lowest BCUT2D eigenvalue weighted by molar-refractivity contribution is 0.0914. The van der Waals surface area contributed by atoms with Crippen molar-refractivity contribution in [2.75, 3.05) is 7.11 Å². The van der Waals surface area contributed by atoms with E-state index in [0.717, 1.165) is 23.1 Å². The molecule has 1 aromatic heterocycles. The van der Waals surface area contributed by atoms with E-state index in [4.69, 9.17) is 9.15 Å². The highest BCUT2D eigenvalue weighted by Crippen LogP contribution is 2.32. The van der Waals surface area contributed by atoms with Crippen LogP contribution >= 0.6 is 0 Å². The first-order chi connectivity index (χ1) is 14.2. The molecule has 1 atom stereocenters. The second-order valence-corrected chi connectivity index (χ2v) is 7.75. The number of amides is 1. The van der Waals surface area contributed by atoms with E-state index >= 15 is 0 Å². The van der Waals surface area contributed by atoms with Gasteiger partial charge < -0.3 is 19.8 Å². The predicted octanol–water partition coefficient (Wildman–Crippen LogP) is 4.96. The summed E-state index contributed by atoms with van der Waals surface area (Å²) < 4.78 is 11.4. The number of furan rings is 1. The van der Waals surface area contributed by atoms with Crippen LogP contribution in [0.25, 0.3) is 11.0 Å². The van der Waals surface area contributed by atoms with Crippen LogP contribution in [0.3, 0.4) is 0 Å². The van der Waals surface area contributed by atoms with Crippen LogP contribution in [-0.2, 0) is 6.54 Å². The molecule has 1 amide bonds. The van der Waals surface area contributed by atoms with Gasteiger partial charge in [0.1, 0.15) is 0 Å². The van der Waals surface area contributed by atoms with Gasteiger partial charge in [0.25, 0.3) is 5.91 Å². The van der Waals surface area contributed by atoms with Crippen molar-refractivity contribution in [3.63, 3.8) is 0 Å². The highest BCUT2D eigenvalue weighted by Gasteiger charge is 2.20. The summed E-state index contributed by atoms with van der Waals surface area (Å²) in [6.07, 6.45) is 5.06. The van der Waals surface area contributed by atoms with Crippen molar-refractivity contribution in [1.29, 1.82) is 0 Å². The van der Waals surface area contributed by atoms with Gasteiger partial charge in [-0.25, -0.2) is 0 Å². The third-order valence-corrected chi connectivity index (χ3v) is 5.76. The first-order valence-electron chi connectivity index (χ1n) is 10.3. The number of fused-ring (bicyclic) bond motifs is 1. The molecule has 3 aromatic rings. The first-order valence-corrected chi connectivity index (χ1v) is 10.3. The van der Waals surface area contributed by atoms with Gasteiger partial charge in [-0.3, -0.25) is 4.79 Å². The molecule has 1 fully saturated rings. The van der Waals surface area contributed by atoms with Crippen molar-refractivity contribution < 1.29 is 13.9 Å². The quantitative estimate of drug-likeness (QED) is 0.596. The molecule has 2 aromatic carbocycles. The number of carbonyl (C=O) groups excluding carboxylic acids is 1. The molecule has 1 saturated carbocycles. The average molecular weight is 392 g/mol. The Balaban J connectivity index is 1.56. The molecule has 2 N–H and O–H groups in total. The minimum absolute atomic E-state index is 0.109. The Morgan fingerprint density at radius 3 is 2.66 bits per heavy atom.